The molecule has 0 saturated carbocycles. The highest BCUT2D eigenvalue weighted by Gasteiger charge is 2.32. The minimum atomic E-state index is -0.657. The van der Waals surface area contributed by atoms with E-state index in [0.717, 1.165) is 16.8 Å². The number of anilines is 1. The number of guanidine groups is 2. The van der Waals surface area contributed by atoms with E-state index in [-0.39, 0.29) is 11.9 Å². The van der Waals surface area contributed by atoms with Crippen LogP contribution in [0, 0.1) is 11.3 Å². The zero-order chi connectivity index (χ0) is 18.7. The Hall–Kier alpha value is -3.59. The fourth-order valence-electron chi connectivity index (χ4n) is 2.97. The van der Waals surface area contributed by atoms with Gasteiger partial charge in [-0.2, -0.15) is 10.3 Å². The van der Waals surface area contributed by atoms with E-state index in [1.807, 2.05) is 79.4 Å². The highest BCUT2D eigenvalue weighted by Crippen LogP contribution is 2.29. The molecule has 2 aromatic rings. The molecular formula is C20H20N6. The highest BCUT2D eigenvalue weighted by molar-refractivity contribution is 6.05. The number of benzene rings is 2. The third kappa shape index (κ3) is 3.42. The van der Waals surface area contributed by atoms with Crippen molar-refractivity contribution in [3.05, 3.63) is 65.7 Å². The summed E-state index contributed by atoms with van der Waals surface area (Å²) in [5.41, 5.74) is 14.3. The third-order valence-corrected chi connectivity index (χ3v) is 4.04. The average molecular weight is 344 g/mol. The average Bonchev–Trinajstić information content (AvgIpc) is 2.59. The lowest BCUT2D eigenvalue weighted by Gasteiger charge is -2.38. The number of allylic oxidation sites excluding steroid dienone is 1. The van der Waals surface area contributed by atoms with Crippen LogP contribution in [0.5, 0.6) is 0 Å². The van der Waals surface area contributed by atoms with Crippen LogP contribution in [0.3, 0.4) is 0 Å². The topological polar surface area (TPSA) is 104 Å². The molecule has 2 aromatic carbocycles. The summed E-state index contributed by atoms with van der Waals surface area (Å²) in [5.74, 6) is 0.447. The van der Waals surface area contributed by atoms with Gasteiger partial charge in [0.2, 0.25) is 11.9 Å². The fraction of sp³-hybridized carbons (Fsp3) is 0.150. The highest BCUT2D eigenvalue weighted by atomic mass is 15.4. The van der Waals surface area contributed by atoms with Crippen LogP contribution in [0.15, 0.2) is 64.6 Å². The Morgan fingerprint density at radius 2 is 1.85 bits per heavy atom. The van der Waals surface area contributed by atoms with Gasteiger partial charge in [0.25, 0.3) is 0 Å². The predicted octanol–water partition coefficient (Wildman–Crippen LogP) is 2.94. The van der Waals surface area contributed by atoms with E-state index in [0.29, 0.717) is 5.57 Å². The second-order valence-corrected chi connectivity index (χ2v) is 6.40. The Labute approximate surface area is 152 Å². The Morgan fingerprint density at radius 3 is 2.50 bits per heavy atom. The molecule has 0 spiro atoms. The van der Waals surface area contributed by atoms with Crippen molar-refractivity contribution < 1.29 is 0 Å². The van der Waals surface area contributed by atoms with Crippen LogP contribution in [-0.2, 0) is 0 Å². The Balaban J connectivity index is 2.01. The van der Waals surface area contributed by atoms with Gasteiger partial charge in [0, 0.05) is 5.69 Å². The van der Waals surface area contributed by atoms with Crippen LogP contribution in [0.1, 0.15) is 25.0 Å². The van der Waals surface area contributed by atoms with Gasteiger partial charge in [-0.25, -0.2) is 4.99 Å². The molecule has 0 amide bonds. The number of hydrogen-bond donors (Lipinski definition) is 2. The van der Waals surface area contributed by atoms with E-state index in [1.165, 1.54) is 0 Å². The van der Waals surface area contributed by atoms with Crippen LogP contribution in [0.25, 0.3) is 11.6 Å². The van der Waals surface area contributed by atoms with E-state index >= 15 is 0 Å². The van der Waals surface area contributed by atoms with Crippen molar-refractivity contribution in [2.24, 2.45) is 21.5 Å². The van der Waals surface area contributed by atoms with Crippen LogP contribution in [-0.4, -0.2) is 17.6 Å². The van der Waals surface area contributed by atoms with Crippen LogP contribution < -0.4 is 16.4 Å². The molecule has 3 rings (SSSR count). The summed E-state index contributed by atoms with van der Waals surface area (Å²) in [6.45, 7) is 3.82. The maximum Gasteiger partial charge on any atom is 0.220 e. The molecule has 6 heteroatoms. The molecule has 1 aliphatic rings. The molecule has 0 aromatic heterocycles. The Morgan fingerprint density at radius 1 is 1.12 bits per heavy atom. The van der Waals surface area contributed by atoms with Gasteiger partial charge in [-0.1, -0.05) is 42.5 Å². The number of hydrogen-bond acceptors (Lipinski definition) is 6. The van der Waals surface area contributed by atoms with Gasteiger partial charge >= 0.3 is 0 Å². The summed E-state index contributed by atoms with van der Waals surface area (Å²) < 4.78 is 0. The third-order valence-electron chi connectivity index (χ3n) is 4.04. The fourth-order valence-corrected chi connectivity index (χ4v) is 2.97. The largest absolute Gasteiger partial charge is 0.369 e. The smallest absolute Gasteiger partial charge is 0.220 e. The van der Waals surface area contributed by atoms with Gasteiger partial charge in [0.05, 0.1) is 11.6 Å². The first-order valence-corrected chi connectivity index (χ1v) is 8.18. The minimum absolute atomic E-state index is 0.163. The van der Waals surface area contributed by atoms with E-state index in [2.05, 4.69) is 16.1 Å². The second-order valence-electron chi connectivity index (χ2n) is 6.40. The lowest BCUT2D eigenvalue weighted by Crippen LogP contribution is -2.54. The Bertz CT molecular complexity index is 948. The van der Waals surface area contributed by atoms with E-state index in [4.69, 9.17) is 11.5 Å². The molecule has 0 radical (unpaired) electrons. The molecule has 6 nitrogen and oxygen atoms in total. The number of aliphatic imine (C=N–C) groups is 2. The first-order chi connectivity index (χ1) is 12.4. The first kappa shape index (κ1) is 17.2. The summed E-state index contributed by atoms with van der Waals surface area (Å²) in [5, 5.41) is 9.51. The number of nitrogens with two attached hydrogens (primary N) is 2. The molecule has 0 bridgehead atoms. The van der Waals surface area contributed by atoms with E-state index < -0.39 is 5.66 Å². The molecule has 130 valence electrons. The van der Waals surface area contributed by atoms with Gasteiger partial charge in [-0.3, -0.25) is 4.90 Å². The zero-order valence-electron chi connectivity index (χ0n) is 14.7. The SMILES string of the molecule is CC1(C)N=C(N)N=C(N)N1c1cccc(/C=C(\C#N)c2ccccc2)c1. The predicted molar refractivity (Wildman–Crippen MR) is 106 cm³/mol. The summed E-state index contributed by atoms with van der Waals surface area (Å²) in [6.07, 6.45) is 1.85. The summed E-state index contributed by atoms with van der Waals surface area (Å²) in [7, 11) is 0. The standard InChI is InChI=1S/C20H20N6/c1-20(2)25-18(22)24-19(23)26(20)17-10-6-7-14(12-17)11-16(13-21)15-8-4-3-5-9-15/h3-12H,1-2H3,(H4,22,23,24,25)/b16-11+. The molecule has 0 atom stereocenters. The van der Waals surface area contributed by atoms with Crippen molar-refractivity contribution >= 4 is 29.3 Å². The van der Waals surface area contributed by atoms with Crippen LogP contribution in [0.2, 0.25) is 0 Å². The molecule has 0 saturated heterocycles. The Kier molecular flexibility index (Phi) is 4.46. The van der Waals surface area contributed by atoms with Gasteiger partial charge < -0.3 is 11.5 Å². The number of nitrogens with zero attached hydrogens (tertiary/aromatic N) is 4. The maximum atomic E-state index is 9.51. The summed E-state index contributed by atoms with van der Waals surface area (Å²) in [4.78, 5) is 10.2. The maximum absolute atomic E-state index is 9.51. The number of nitriles is 1. The van der Waals surface area contributed by atoms with Gasteiger partial charge in [-0.15, -0.1) is 0 Å². The monoisotopic (exact) mass is 344 g/mol. The van der Waals surface area contributed by atoms with Gasteiger partial charge in [0.1, 0.15) is 5.66 Å². The quantitative estimate of drug-likeness (QED) is 0.660. The molecular weight excluding hydrogens is 324 g/mol. The molecule has 0 unspecified atom stereocenters. The van der Waals surface area contributed by atoms with Crippen molar-refractivity contribution in [1.82, 2.24) is 0 Å². The normalized spacial score (nSPS) is 16.5. The molecule has 0 aliphatic carbocycles. The molecule has 26 heavy (non-hydrogen) atoms. The van der Waals surface area contributed by atoms with Crippen LogP contribution >= 0.6 is 0 Å². The van der Waals surface area contributed by atoms with Crippen molar-refractivity contribution in [3.63, 3.8) is 0 Å². The molecule has 1 heterocycles. The minimum Gasteiger partial charge on any atom is -0.369 e. The first-order valence-electron chi connectivity index (χ1n) is 8.18. The zero-order valence-corrected chi connectivity index (χ0v) is 14.7. The molecule has 0 fully saturated rings. The molecule has 4 N–H and O–H groups in total. The second kappa shape index (κ2) is 6.73. The molecule has 1 aliphatic heterocycles. The number of rotatable bonds is 3. The summed E-state index contributed by atoms with van der Waals surface area (Å²) >= 11 is 0. The van der Waals surface area contributed by atoms with Crippen molar-refractivity contribution in [2.45, 2.75) is 19.5 Å². The van der Waals surface area contributed by atoms with Gasteiger partial charge in [0.15, 0.2) is 0 Å². The van der Waals surface area contributed by atoms with Gasteiger partial charge in [-0.05, 0) is 43.2 Å². The summed E-state index contributed by atoms with van der Waals surface area (Å²) in [6, 6.07) is 19.5. The van der Waals surface area contributed by atoms with Crippen LogP contribution in [0.4, 0.5) is 5.69 Å². The van der Waals surface area contributed by atoms with E-state index in [1.54, 1.807) is 0 Å². The van der Waals surface area contributed by atoms with Crippen molar-refractivity contribution in [3.8, 4) is 6.07 Å². The lowest BCUT2D eigenvalue weighted by molar-refractivity contribution is 0.534. The van der Waals surface area contributed by atoms with E-state index in [9.17, 15) is 5.26 Å². The van der Waals surface area contributed by atoms with Crippen molar-refractivity contribution in [2.75, 3.05) is 4.90 Å². The lowest BCUT2D eigenvalue weighted by atomic mass is 10.0. The van der Waals surface area contributed by atoms with Crippen molar-refractivity contribution in [1.29, 1.82) is 5.26 Å².